The van der Waals surface area contributed by atoms with Gasteiger partial charge in [-0.1, -0.05) is 55.6 Å². The molecule has 6 atom stereocenters. The van der Waals surface area contributed by atoms with Gasteiger partial charge in [0, 0.05) is 35.3 Å². The zero-order valence-electron chi connectivity index (χ0n) is 22.3. The van der Waals surface area contributed by atoms with Crippen LogP contribution in [0, 0.1) is 17.3 Å². The molecule has 3 fully saturated rings. The third kappa shape index (κ3) is 5.39. The summed E-state index contributed by atoms with van der Waals surface area (Å²) in [5, 5.41) is 19.0. The van der Waals surface area contributed by atoms with Crippen LogP contribution in [-0.2, 0) is 14.4 Å². The highest BCUT2D eigenvalue weighted by molar-refractivity contribution is 9.09. The number of likely N-dealkylation sites (tertiary alicyclic amines) is 1. The normalized spacial score (nSPS) is 31.6. The van der Waals surface area contributed by atoms with Crippen LogP contribution in [0.2, 0.25) is 0 Å². The largest absolute Gasteiger partial charge is 0.481 e. The van der Waals surface area contributed by atoms with Crippen molar-refractivity contribution in [1.82, 2.24) is 9.80 Å². The molecule has 0 aliphatic carbocycles. The van der Waals surface area contributed by atoms with E-state index in [0.717, 1.165) is 25.7 Å². The second-order valence-electron chi connectivity index (χ2n) is 12.5. The number of fused-ring (bicyclic) bond motifs is 1. The summed E-state index contributed by atoms with van der Waals surface area (Å²) >= 11 is 5.25. The standard InChI is InChI=1S/C27H43BrN2O5S/c1-7-12-30(26(5,6)16-25(2,3)4)23(33)21-27-15-17(28)20(36-27)18(24(34)35)19(27)22(32)29(21)13-10-8-9-11-14-31/h7,17-21,31H,1,8-16H2,2-6H3,(H,34,35)/t17?,18-,19-,20-,21?,27?/m0/s1. The van der Waals surface area contributed by atoms with Crippen LogP contribution < -0.4 is 0 Å². The fourth-order valence-electron chi connectivity index (χ4n) is 6.98. The number of hydrogen-bond donors (Lipinski definition) is 2. The summed E-state index contributed by atoms with van der Waals surface area (Å²) in [5.41, 5.74) is -0.493. The Morgan fingerprint density at radius 1 is 1.22 bits per heavy atom. The second-order valence-corrected chi connectivity index (χ2v) is 15.2. The molecule has 0 aromatic heterocycles. The van der Waals surface area contributed by atoms with Crippen molar-refractivity contribution in [2.24, 2.45) is 17.3 Å². The summed E-state index contributed by atoms with van der Waals surface area (Å²) in [6, 6.07) is -0.702. The van der Waals surface area contributed by atoms with E-state index in [1.807, 2.05) is 4.90 Å². The summed E-state index contributed by atoms with van der Waals surface area (Å²) in [7, 11) is 0. The van der Waals surface area contributed by atoms with Crippen molar-refractivity contribution in [3.8, 4) is 0 Å². The number of carbonyl (C=O) groups excluding carboxylic acids is 2. The number of rotatable bonds is 12. The molecule has 1 spiro atoms. The minimum Gasteiger partial charge on any atom is -0.481 e. The van der Waals surface area contributed by atoms with Gasteiger partial charge in [-0.3, -0.25) is 14.4 Å². The van der Waals surface area contributed by atoms with Crippen LogP contribution in [0.4, 0.5) is 0 Å². The van der Waals surface area contributed by atoms with E-state index in [0.29, 0.717) is 25.9 Å². The Bertz CT molecular complexity index is 875. The van der Waals surface area contributed by atoms with Crippen LogP contribution in [-0.4, -0.2) is 83.9 Å². The molecule has 204 valence electrons. The molecule has 0 aromatic rings. The van der Waals surface area contributed by atoms with E-state index in [9.17, 15) is 19.5 Å². The van der Waals surface area contributed by atoms with E-state index in [1.165, 1.54) is 0 Å². The molecular weight excluding hydrogens is 544 g/mol. The highest BCUT2D eigenvalue weighted by Gasteiger charge is 2.76. The van der Waals surface area contributed by atoms with Crippen LogP contribution in [0.1, 0.15) is 73.1 Å². The Kier molecular flexibility index (Phi) is 8.99. The number of carboxylic acids is 1. The van der Waals surface area contributed by atoms with Gasteiger partial charge in [-0.2, -0.15) is 0 Å². The van der Waals surface area contributed by atoms with Gasteiger partial charge in [0.25, 0.3) is 0 Å². The van der Waals surface area contributed by atoms with Crippen molar-refractivity contribution in [2.45, 2.75) is 99.5 Å². The van der Waals surface area contributed by atoms with Gasteiger partial charge in [0.05, 0.1) is 16.6 Å². The first-order valence-corrected chi connectivity index (χ1v) is 14.9. The summed E-state index contributed by atoms with van der Waals surface area (Å²) in [6.07, 6.45) is 6.22. The highest BCUT2D eigenvalue weighted by Crippen LogP contribution is 2.68. The molecule has 3 heterocycles. The first-order valence-electron chi connectivity index (χ1n) is 13.1. The quantitative estimate of drug-likeness (QED) is 0.201. The third-order valence-corrected chi connectivity index (χ3v) is 11.1. The van der Waals surface area contributed by atoms with Gasteiger partial charge in [-0.05, 0) is 44.9 Å². The monoisotopic (exact) mass is 586 g/mol. The fraction of sp³-hybridized carbons (Fsp3) is 0.815. The minimum atomic E-state index is -0.955. The van der Waals surface area contributed by atoms with E-state index in [-0.39, 0.29) is 33.9 Å². The van der Waals surface area contributed by atoms with E-state index in [1.54, 1.807) is 22.7 Å². The smallest absolute Gasteiger partial charge is 0.308 e. The van der Waals surface area contributed by atoms with Gasteiger partial charge in [-0.25, -0.2) is 0 Å². The number of aliphatic hydroxyl groups is 1. The molecule has 7 nitrogen and oxygen atoms in total. The number of aliphatic hydroxyl groups excluding tert-OH is 1. The SMILES string of the molecule is C=CCN(C(=O)C1N(CCCCCCO)C(=O)[C@@H]2[C@H](C(=O)O)[C@H]3SC12CC3Br)C(C)(C)CC(C)(C)C. The summed E-state index contributed by atoms with van der Waals surface area (Å²) in [6.45, 7) is 15.4. The van der Waals surface area contributed by atoms with Gasteiger partial charge >= 0.3 is 5.97 Å². The maximum absolute atomic E-state index is 14.5. The number of aliphatic carboxylic acids is 1. The molecule has 2 amide bonds. The number of alkyl halides is 1. The van der Waals surface area contributed by atoms with E-state index >= 15 is 0 Å². The Balaban J connectivity index is 2.02. The number of unbranched alkanes of at least 4 members (excludes halogenated alkanes) is 3. The van der Waals surface area contributed by atoms with E-state index in [4.69, 9.17) is 5.11 Å². The molecule has 2 bridgehead atoms. The van der Waals surface area contributed by atoms with Crippen LogP contribution >= 0.6 is 27.7 Å². The van der Waals surface area contributed by atoms with E-state index in [2.05, 4.69) is 57.1 Å². The Hall–Kier alpha value is -1.06. The summed E-state index contributed by atoms with van der Waals surface area (Å²) in [5.74, 6) is -2.74. The lowest BCUT2D eigenvalue weighted by Gasteiger charge is -2.46. The first kappa shape index (κ1) is 29.5. The Labute approximate surface area is 228 Å². The lowest BCUT2D eigenvalue weighted by Crippen LogP contribution is -2.60. The van der Waals surface area contributed by atoms with Crippen LogP contribution in [0.25, 0.3) is 0 Å². The molecule has 36 heavy (non-hydrogen) atoms. The topological polar surface area (TPSA) is 98.2 Å². The predicted octanol–water partition coefficient (Wildman–Crippen LogP) is 4.32. The van der Waals surface area contributed by atoms with Crippen LogP contribution in [0.3, 0.4) is 0 Å². The maximum Gasteiger partial charge on any atom is 0.308 e. The van der Waals surface area contributed by atoms with Crippen molar-refractivity contribution in [1.29, 1.82) is 0 Å². The average Bonchev–Trinajstić information content (AvgIpc) is 3.33. The number of thioether (sulfide) groups is 1. The number of carboxylic acid groups (broad SMARTS) is 1. The molecule has 3 unspecified atom stereocenters. The zero-order chi connectivity index (χ0) is 27.1. The van der Waals surface area contributed by atoms with Gasteiger partial charge in [0.1, 0.15) is 6.04 Å². The van der Waals surface area contributed by atoms with Crippen molar-refractivity contribution < 1.29 is 24.6 Å². The number of amides is 2. The van der Waals surface area contributed by atoms with Crippen molar-refractivity contribution in [3.63, 3.8) is 0 Å². The lowest BCUT2D eigenvalue weighted by molar-refractivity contribution is -0.149. The number of halogens is 1. The van der Waals surface area contributed by atoms with Crippen LogP contribution in [0.15, 0.2) is 12.7 Å². The second kappa shape index (κ2) is 11.0. The number of nitrogens with zero attached hydrogens (tertiary/aromatic N) is 2. The molecule has 3 aliphatic rings. The van der Waals surface area contributed by atoms with Crippen LogP contribution in [0.5, 0.6) is 0 Å². The summed E-state index contributed by atoms with van der Waals surface area (Å²) in [4.78, 5) is 44.3. The lowest BCUT2D eigenvalue weighted by atomic mass is 9.70. The molecule has 2 N–H and O–H groups in total. The van der Waals surface area contributed by atoms with E-state index < -0.39 is 34.1 Å². The minimum absolute atomic E-state index is 0.0160. The van der Waals surface area contributed by atoms with Gasteiger partial charge in [0.15, 0.2) is 0 Å². The Morgan fingerprint density at radius 3 is 2.42 bits per heavy atom. The molecule has 3 saturated heterocycles. The molecule has 0 aromatic carbocycles. The molecule has 9 heteroatoms. The number of carbonyl (C=O) groups is 3. The Morgan fingerprint density at radius 2 is 1.86 bits per heavy atom. The summed E-state index contributed by atoms with van der Waals surface area (Å²) < 4.78 is -0.752. The number of hydrogen-bond acceptors (Lipinski definition) is 5. The fourth-order valence-corrected chi connectivity index (χ4v) is 10.6. The van der Waals surface area contributed by atoms with Gasteiger partial charge in [-0.15, -0.1) is 18.3 Å². The predicted molar refractivity (Wildman–Crippen MR) is 147 cm³/mol. The van der Waals surface area contributed by atoms with Crippen molar-refractivity contribution >= 4 is 45.5 Å². The third-order valence-electron chi connectivity index (χ3n) is 7.89. The van der Waals surface area contributed by atoms with Crippen molar-refractivity contribution in [3.05, 3.63) is 12.7 Å². The maximum atomic E-state index is 14.5. The molecule has 0 saturated carbocycles. The van der Waals surface area contributed by atoms with Gasteiger partial charge in [0.2, 0.25) is 11.8 Å². The van der Waals surface area contributed by atoms with Gasteiger partial charge < -0.3 is 20.0 Å². The molecular formula is C27H43BrN2O5S. The average molecular weight is 588 g/mol. The molecule has 0 radical (unpaired) electrons. The first-order chi connectivity index (χ1) is 16.7. The zero-order valence-corrected chi connectivity index (χ0v) is 24.7. The molecule has 3 aliphatic heterocycles. The van der Waals surface area contributed by atoms with Crippen molar-refractivity contribution in [2.75, 3.05) is 19.7 Å². The highest BCUT2D eigenvalue weighted by atomic mass is 79.9. The molecule has 3 rings (SSSR count).